The number of pyridine rings is 1. The van der Waals surface area contributed by atoms with Crippen LogP contribution in [-0.4, -0.2) is 12.1 Å². The Balaban J connectivity index is 2.20. The molecule has 0 fully saturated rings. The van der Waals surface area contributed by atoms with Gasteiger partial charge in [-0.25, -0.2) is 4.79 Å². The fourth-order valence-corrected chi connectivity index (χ4v) is 2.23. The molecule has 0 aliphatic rings. The highest BCUT2D eigenvalue weighted by Crippen LogP contribution is 2.32. The number of fused-ring (bicyclic) bond motifs is 1. The van der Waals surface area contributed by atoms with Crippen LogP contribution in [0.25, 0.3) is 22.1 Å². The van der Waals surface area contributed by atoms with Gasteiger partial charge in [-0.2, -0.15) is 13.2 Å². The molecule has 1 aromatic carbocycles. The van der Waals surface area contributed by atoms with Crippen LogP contribution >= 0.6 is 0 Å². The number of alkyl halides is 3. The van der Waals surface area contributed by atoms with Gasteiger partial charge in [0.15, 0.2) is 0 Å². The van der Waals surface area contributed by atoms with E-state index in [9.17, 15) is 18.0 Å². The van der Waals surface area contributed by atoms with Gasteiger partial charge in [0.25, 0.3) is 0 Å². The van der Waals surface area contributed by atoms with Crippen LogP contribution in [0.2, 0.25) is 0 Å². The first-order valence-corrected chi connectivity index (χ1v) is 6.54. The highest BCUT2D eigenvalue weighted by Gasteiger charge is 2.32. The Labute approximate surface area is 128 Å². The number of nitrogens with zero attached hydrogens (tertiary/aromatic N) is 1. The van der Waals surface area contributed by atoms with Gasteiger partial charge in [-0.15, -0.1) is 0 Å². The molecule has 0 bridgehead atoms. The first-order valence-electron chi connectivity index (χ1n) is 6.54. The molecule has 0 N–H and O–H groups in total. The highest BCUT2D eigenvalue weighted by atomic mass is 19.4. The molecular formula is C16H10F3NO3. The molecule has 0 saturated carbocycles. The fourth-order valence-electron chi connectivity index (χ4n) is 2.23. The average molecular weight is 321 g/mol. The van der Waals surface area contributed by atoms with E-state index in [4.69, 9.17) is 9.15 Å². The Kier molecular flexibility index (Phi) is 3.55. The second-order valence-electron chi connectivity index (χ2n) is 4.77. The fraction of sp³-hybridized carbons (Fsp3) is 0.125. The van der Waals surface area contributed by atoms with E-state index in [0.29, 0.717) is 27.8 Å². The van der Waals surface area contributed by atoms with Crippen molar-refractivity contribution in [3.8, 4) is 16.9 Å². The number of hydrogen-bond acceptors (Lipinski definition) is 4. The van der Waals surface area contributed by atoms with Crippen LogP contribution in [0.3, 0.4) is 0 Å². The molecule has 0 atom stereocenters. The quantitative estimate of drug-likeness (QED) is 0.672. The van der Waals surface area contributed by atoms with Gasteiger partial charge in [0.05, 0.1) is 7.11 Å². The van der Waals surface area contributed by atoms with E-state index in [2.05, 4.69) is 4.98 Å². The van der Waals surface area contributed by atoms with E-state index in [-0.39, 0.29) is 0 Å². The number of aromatic nitrogens is 1. The van der Waals surface area contributed by atoms with Gasteiger partial charge in [0.1, 0.15) is 17.0 Å². The van der Waals surface area contributed by atoms with E-state index in [1.54, 1.807) is 18.2 Å². The normalized spacial score (nSPS) is 11.7. The zero-order valence-electron chi connectivity index (χ0n) is 11.8. The van der Waals surface area contributed by atoms with Gasteiger partial charge in [0.2, 0.25) is 0 Å². The SMILES string of the molecule is COc1ccc2oc(=O)cc(-c3ccc(C(F)(F)F)nc3)c2c1. The molecule has 118 valence electrons. The van der Waals surface area contributed by atoms with Crippen molar-refractivity contribution < 1.29 is 22.3 Å². The predicted molar refractivity (Wildman–Crippen MR) is 77.3 cm³/mol. The van der Waals surface area contributed by atoms with Gasteiger partial charge in [0, 0.05) is 28.8 Å². The summed E-state index contributed by atoms with van der Waals surface area (Å²) < 4.78 is 48.0. The topological polar surface area (TPSA) is 52.3 Å². The molecule has 4 nitrogen and oxygen atoms in total. The molecule has 23 heavy (non-hydrogen) atoms. The minimum Gasteiger partial charge on any atom is -0.497 e. The summed E-state index contributed by atoms with van der Waals surface area (Å²) in [5.41, 5.74) is -0.475. The summed E-state index contributed by atoms with van der Waals surface area (Å²) in [6.07, 6.45) is -3.43. The van der Waals surface area contributed by atoms with Crippen LogP contribution in [0, 0.1) is 0 Å². The smallest absolute Gasteiger partial charge is 0.433 e. The molecule has 3 aromatic rings. The molecule has 0 unspecified atom stereocenters. The average Bonchev–Trinajstić information content (AvgIpc) is 2.53. The Morgan fingerprint density at radius 1 is 1.13 bits per heavy atom. The minimum atomic E-state index is -4.51. The summed E-state index contributed by atoms with van der Waals surface area (Å²) in [6.45, 7) is 0. The molecule has 0 amide bonds. The number of rotatable bonds is 2. The molecule has 0 radical (unpaired) electrons. The van der Waals surface area contributed by atoms with Crippen LogP contribution in [0.15, 0.2) is 51.8 Å². The molecule has 2 heterocycles. The lowest BCUT2D eigenvalue weighted by Crippen LogP contribution is -2.07. The molecule has 2 aromatic heterocycles. The maximum Gasteiger partial charge on any atom is 0.433 e. The maximum atomic E-state index is 12.6. The number of halogens is 3. The Hall–Kier alpha value is -2.83. The van der Waals surface area contributed by atoms with Crippen molar-refractivity contribution in [2.75, 3.05) is 7.11 Å². The molecular weight excluding hydrogens is 311 g/mol. The van der Waals surface area contributed by atoms with Crippen LogP contribution in [-0.2, 0) is 6.18 Å². The highest BCUT2D eigenvalue weighted by molar-refractivity contribution is 5.93. The Morgan fingerprint density at radius 2 is 1.91 bits per heavy atom. The lowest BCUT2D eigenvalue weighted by atomic mass is 10.0. The molecule has 7 heteroatoms. The molecule has 0 spiro atoms. The molecule has 0 saturated heterocycles. The molecule has 0 aliphatic heterocycles. The standard InChI is InChI=1S/C16H10F3NO3/c1-22-10-3-4-13-12(6-10)11(7-15(21)23-13)9-2-5-14(20-8-9)16(17,18)19/h2-8H,1H3. The van der Waals surface area contributed by atoms with Crippen molar-refractivity contribution in [1.29, 1.82) is 0 Å². The largest absolute Gasteiger partial charge is 0.497 e. The second kappa shape index (κ2) is 5.42. The zero-order chi connectivity index (χ0) is 16.6. The summed E-state index contributed by atoms with van der Waals surface area (Å²) in [5.74, 6) is 0.535. The number of ether oxygens (including phenoxy) is 1. The van der Waals surface area contributed by atoms with E-state index >= 15 is 0 Å². The summed E-state index contributed by atoms with van der Waals surface area (Å²) in [5, 5.41) is 0.547. The van der Waals surface area contributed by atoms with Crippen LogP contribution in [0.4, 0.5) is 13.2 Å². The monoisotopic (exact) mass is 321 g/mol. The molecule has 0 aliphatic carbocycles. The van der Waals surface area contributed by atoms with Gasteiger partial charge >= 0.3 is 11.8 Å². The third-order valence-corrected chi connectivity index (χ3v) is 3.31. The van der Waals surface area contributed by atoms with Gasteiger partial charge in [-0.1, -0.05) is 6.07 Å². The number of hydrogen-bond donors (Lipinski definition) is 0. The number of benzene rings is 1. The van der Waals surface area contributed by atoms with E-state index in [0.717, 1.165) is 12.3 Å². The van der Waals surface area contributed by atoms with E-state index < -0.39 is 17.5 Å². The van der Waals surface area contributed by atoms with Gasteiger partial charge in [-0.05, 0) is 24.3 Å². The Morgan fingerprint density at radius 3 is 2.52 bits per heavy atom. The second-order valence-corrected chi connectivity index (χ2v) is 4.77. The summed E-state index contributed by atoms with van der Waals surface area (Å²) in [6, 6.07) is 8.19. The first-order chi connectivity index (χ1) is 10.9. The minimum absolute atomic E-state index is 0.313. The third kappa shape index (κ3) is 2.90. The first kappa shape index (κ1) is 15.1. The van der Waals surface area contributed by atoms with E-state index in [1.807, 2.05) is 0 Å². The van der Waals surface area contributed by atoms with Gasteiger partial charge in [-0.3, -0.25) is 4.98 Å². The lowest BCUT2D eigenvalue weighted by Gasteiger charge is -2.09. The van der Waals surface area contributed by atoms with Gasteiger partial charge < -0.3 is 9.15 Å². The van der Waals surface area contributed by atoms with Crippen molar-refractivity contribution in [2.24, 2.45) is 0 Å². The van der Waals surface area contributed by atoms with Crippen molar-refractivity contribution in [1.82, 2.24) is 4.98 Å². The van der Waals surface area contributed by atoms with Crippen molar-refractivity contribution in [3.05, 3.63) is 58.7 Å². The van der Waals surface area contributed by atoms with Crippen molar-refractivity contribution in [3.63, 3.8) is 0 Å². The Bertz CT molecular complexity index is 914. The number of methoxy groups -OCH3 is 1. The van der Waals surface area contributed by atoms with Crippen molar-refractivity contribution in [2.45, 2.75) is 6.18 Å². The zero-order valence-corrected chi connectivity index (χ0v) is 11.8. The third-order valence-electron chi connectivity index (χ3n) is 3.31. The maximum absolute atomic E-state index is 12.6. The predicted octanol–water partition coefficient (Wildman–Crippen LogP) is 3.88. The summed E-state index contributed by atoms with van der Waals surface area (Å²) in [7, 11) is 1.49. The molecule has 3 rings (SSSR count). The van der Waals surface area contributed by atoms with Crippen LogP contribution < -0.4 is 10.4 Å². The summed E-state index contributed by atoms with van der Waals surface area (Å²) in [4.78, 5) is 15.1. The van der Waals surface area contributed by atoms with Crippen LogP contribution in [0.5, 0.6) is 5.75 Å². The lowest BCUT2D eigenvalue weighted by molar-refractivity contribution is -0.141. The van der Waals surface area contributed by atoms with E-state index in [1.165, 1.54) is 19.2 Å². The van der Waals surface area contributed by atoms with Crippen LogP contribution in [0.1, 0.15) is 5.69 Å². The summed E-state index contributed by atoms with van der Waals surface area (Å²) >= 11 is 0. The van der Waals surface area contributed by atoms with Crippen molar-refractivity contribution >= 4 is 11.0 Å².